The monoisotopic (exact) mass is 1630 g/mol. The summed E-state index contributed by atoms with van der Waals surface area (Å²) < 4.78 is 116. The van der Waals surface area contributed by atoms with Crippen LogP contribution < -0.4 is 38.5 Å². The van der Waals surface area contributed by atoms with Crippen LogP contribution >= 0.6 is 0 Å². The van der Waals surface area contributed by atoms with Gasteiger partial charge in [-0.15, -0.1) is 26.3 Å². The molecular formula is C80H74F6N16O16. The van der Waals surface area contributed by atoms with E-state index in [2.05, 4.69) is 54.9 Å². The van der Waals surface area contributed by atoms with Crippen molar-refractivity contribution < 1.29 is 83.1 Å². The van der Waals surface area contributed by atoms with Crippen LogP contribution in [0.5, 0.6) is 23.0 Å². The molecule has 38 heteroatoms. The highest BCUT2D eigenvalue weighted by Gasteiger charge is 2.36. The van der Waals surface area contributed by atoms with Gasteiger partial charge in [0.2, 0.25) is 23.3 Å². The Kier molecular flexibility index (Phi) is 25.7. The molecule has 4 aliphatic rings. The van der Waals surface area contributed by atoms with E-state index in [1.54, 1.807) is 68.8 Å². The number of benzene rings is 8. The Morgan fingerprint density at radius 1 is 0.314 bits per heavy atom. The Hall–Kier alpha value is -14.1. The molecule has 612 valence electrons. The van der Waals surface area contributed by atoms with Gasteiger partial charge in [-0.25, -0.2) is 0 Å². The van der Waals surface area contributed by atoms with Gasteiger partial charge in [0.1, 0.15) is 45.7 Å². The minimum atomic E-state index is -4.88. The third kappa shape index (κ3) is 20.0. The fraction of sp³-hybridized carbons (Fsp3) is 0.300. The van der Waals surface area contributed by atoms with E-state index in [4.69, 9.17) is 27.6 Å². The maximum atomic E-state index is 12.7. The van der Waals surface area contributed by atoms with Crippen molar-refractivity contribution in [2.45, 2.75) is 89.8 Å². The van der Waals surface area contributed by atoms with Crippen LogP contribution in [-0.2, 0) is 0 Å². The van der Waals surface area contributed by atoms with E-state index >= 15 is 0 Å². The summed E-state index contributed by atoms with van der Waals surface area (Å²) >= 11 is 0. The van der Waals surface area contributed by atoms with Gasteiger partial charge in [0.15, 0.2) is 0 Å². The highest BCUT2D eigenvalue weighted by Crippen LogP contribution is 2.43. The van der Waals surface area contributed by atoms with E-state index in [1.807, 2.05) is 57.2 Å². The number of halogens is 6. The second-order valence-electron chi connectivity index (χ2n) is 27.2. The van der Waals surface area contributed by atoms with Crippen LogP contribution in [0.4, 0.5) is 71.8 Å². The van der Waals surface area contributed by atoms with Crippen molar-refractivity contribution in [1.29, 1.82) is 0 Å². The van der Waals surface area contributed by atoms with Crippen LogP contribution in [0.3, 0.4) is 0 Å². The standard InChI is InChI=1S/C21H19F3N4O4.C21H22N4O4.C19H15F3N4O4.C19H18N4O4/c22-21(23,24)31-18-8-4-3-7-15(18)19-25-20(32-26-19)14-9-10-16(17(13-14)28(29)30)27-11-5-1-2-6-12-27;1-28-19-9-5-4-8-16(19)20-22-21(29-23-20)15-10-11-17(18(14-15)25(26)27)24-12-6-2-3-7-13-24;20-19(21,22)29-16-6-2-1-5-13(16)17-23-18(30-24-17)12-7-8-14(15(11-12)26(27)28)25-9-3-4-10-25;1-26-17-7-3-2-6-14(17)18-20-19(27-21-18)13-8-9-15(16(12-13)23(24)25)22-10-4-5-11-22/h3-4,7-10,13H,1-2,5-6,11-12H2;4-5,8-11,14H,2-3,6-7,12-13H2,1H3;1-2,5-8,11H,3-4,9-10H2;2-3,6-9,12H,4-5,10-11H2,1H3. The van der Waals surface area contributed by atoms with Crippen LogP contribution in [0.25, 0.3) is 91.4 Å². The fourth-order valence-corrected chi connectivity index (χ4v) is 14.0. The molecule has 0 unspecified atom stereocenters. The lowest BCUT2D eigenvalue weighted by molar-refractivity contribution is -0.384. The third-order valence-corrected chi connectivity index (χ3v) is 19.6. The summed E-state index contributed by atoms with van der Waals surface area (Å²) in [5, 5.41) is 62.1. The van der Waals surface area contributed by atoms with E-state index in [1.165, 1.54) is 60.7 Å². The summed E-state index contributed by atoms with van der Waals surface area (Å²) in [7, 11) is 3.14. The largest absolute Gasteiger partial charge is 0.573 e. The van der Waals surface area contributed by atoms with E-state index in [0.717, 1.165) is 142 Å². The quantitative estimate of drug-likeness (QED) is 0.0388. The molecule has 0 radical (unpaired) electrons. The predicted molar refractivity (Wildman–Crippen MR) is 418 cm³/mol. The van der Waals surface area contributed by atoms with Crippen molar-refractivity contribution in [2.24, 2.45) is 0 Å². The van der Waals surface area contributed by atoms with Gasteiger partial charge in [0, 0.05) is 98.9 Å². The number of nitro benzene ring substituents is 4. The molecule has 0 N–H and O–H groups in total. The average Bonchev–Trinajstić information content (AvgIpc) is 1.63. The summed E-state index contributed by atoms with van der Waals surface area (Å²) in [5.41, 5.74) is 5.17. The fourth-order valence-electron chi connectivity index (χ4n) is 14.0. The molecular weight excluding hydrogens is 1550 g/mol. The first kappa shape index (κ1) is 81.9. The molecule has 4 aliphatic heterocycles. The predicted octanol–water partition coefficient (Wildman–Crippen LogP) is 19.0. The minimum absolute atomic E-state index is 0.0180. The van der Waals surface area contributed by atoms with Crippen molar-refractivity contribution >= 4 is 45.5 Å². The molecule has 0 spiro atoms. The van der Waals surface area contributed by atoms with Crippen molar-refractivity contribution in [3.63, 3.8) is 0 Å². The number of anilines is 4. The molecule has 16 rings (SSSR count). The van der Waals surface area contributed by atoms with Gasteiger partial charge >= 0.3 is 12.7 Å². The number of para-hydroxylation sites is 4. The molecule has 4 aromatic heterocycles. The molecule has 0 bridgehead atoms. The number of hydrogen-bond donors (Lipinski definition) is 0. The Labute approximate surface area is 667 Å². The number of ether oxygens (including phenoxy) is 4. The first-order chi connectivity index (χ1) is 57.0. The SMILES string of the molecule is COc1ccccc1-c1noc(-c2ccc(N3CCCC3)c([N+](=O)[O-])c2)n1.COc1ccccc1-c1noc(-c2ccc(N3CCCCCC3)c([N+](=O)[O-])c2)n1.O=[N+]([O-])c1cc(-c2nc(-c3ccccc3OC(F)(F)F)no2)ccc1N1CCCC1.O=[N+]([O-])c1cc(-c2nc(-c3ccccc3OC(F)(F)F)no2)ccc1N1CCCCCC1. The average molecular weight is 1630 g/mol. The van der Waals surface area contributed by atoms with Crippen molar-refractivity contribution in [3.8, 4) is 114 Å². The molecule has 0 saturated carbocycles. The lowest BCUT2D eigenvalue weighted by Gasteiger charge is -2.22. The lowest BCUT2D eigenvalue weighted by atomic mass is 10.1. The molecule has 0 atom stereocenters. The molecule has 12 aromatic rings. The zero-order chi connectivity index (χ0) is 83.0. The number of aromatic nitrogens is 8. The van der Waals surface area contributed by atoms with Gasteiger partial charge in [-0.05, 0) is 148 Å². The summed E-state index contributed by atoms with van der Waals surface area (Å²) in [6, 6.07) is 44.7. The number of methoxy groups -OCH3 is 2. The highest BCUT2D eigenvalue weighted by molar-refractivity contribution is 5.77. The zero-order valence-corrected chi connectivity index (χ0v) is 63.3. The normalized spacial score (nSPS) is 14.3. The topological polar surface area (TPSA) is 378 Å². The Balaban J connectivity index is 0.000000137. The van der Waals surface area contributed by atoms with Crippen molar-refractivity contribution in [3.05, 3.63) is 210 Å². The molecule has 0 amide bonds. The number of alkyl halides is 6. The van der Waals surface area contributed by atoms with Crippen LogP contribution in [0.1, 0.15) is 77.0 Å². The summed E-state index contributed by atoms with van der Waals surface area (Å²) in [6.45, 7) is 6.28. The van der Waals surface area contributed by atoms with Crippen molar-refractivity contribution in [1.82, 2.24) is 40.6 Å². The van der Waals surface area contributed by atoms with Crippen molar-refractivity contribution in [2.75, 3.05) is 86.2 Å². The highest BCUT2D eigenvalue weighted by atomic mass is 19.4. The van der Waals surface area contributed by atoms with Gasteiger partial charge < -0.3 is 56.6 Å². The van der Waals surface area contributed by atoms with E-state index in [-0.39, 0.29) is 84.5 Å². The summed E-state index contributed by atoms with van der Waals surface area (Å²) in [5.74, 6) is 1.14. The van der Waals surface area contributed by atoms with Crippen LogP contribution in [0.15, 0.2) is 188 Å². The molecule has 8 aromatic carbocycles. The zero-order valence-electron chi connectivity index (χ0n) is 63.3. The number of rotatable bonds is 20. The van der Waals surface area contributed by atoms with Gasteiger partial charge in [-0.3, -0.25) is 40.5 Å². The molecule has 32 nitrogen and oxygen atoms in total. The molecule has 8 heterocycles. The summed E-state index contributed by atoms with van der Waals surface area (Å²) in [4.78, 5) is 70.1. The first-order valence-electron chi connectivity index (χ1n) is 37.4. The third-order valence-electron chi connectivity index (χ3n) is 19.6. The lowest BCUT2D eigenvalue weighted by Crippen LogP contribution is -2.24. The van der Waals surface area contributed by atoms with E-state index in [0.29, 0.717) is 73.7 Å². The maximum Gasteiger partial charge on any atom is 0.573 e. The van der Waals surface area contributed by atoms with Crippen LogP contribution in [0, 0.1) is 40.5 Å². The molecule has 4 saturated heterocycles. The second kappa shape index (κ2) is 37.0. The van der Waals surface area contributed by atoms with Crippen LogP contribution in [0.2, 0.25) is 0 Å². The Morgan fingerprint density at radius 3 is 0.746 bits per heavy atom. The Bertz CT molecular complexity index is 5520. The van der Waals surface area contributed by atoms with E-state index in [9.17, 15) is 66.8 Å². The minimum Gasteiger partial charge on any atom is -0.496 e. The molecule has 4 fully saturated rings. The smallest absolute Gasteiger partial charge is 0.496 e. The Morgan fingerprint density at radius 2 is 0.525 bits per heavy atom. The first-order valence-corrected chi connectivity index (χ1v) is 37.4. The van der Waals surface area contributed by atoms with Gasteiger partial charge in [0.05, 0.1) is 56.2 Å². The molecule has 0 aliphatic carbocycles. The second-order valence-corrected chi connectivity index (χ2v) is 27.2. The number of nitrogens with zero attached hydrogens (tertiary/aromatic N) is 16. The van der Waals surface area contributed by atoms with Crippen LogP contribution in [-0.4, -0.2) is 140 Å². The van der Waals surface area contributed by atoms with E-state index < -0.39 is 34.1 Å². The van der Waals surface area contributed by atoms with Gasteiger partial charge in [-0.1, -0.05) is 94.8 Å². The number of hydrogen-bond acceptors (Lipinski definition) is 28. The number of nitro groups is 4. The maximum absolute atomic E-state index is 12.7. The molecule has 118 heavy (non-hydrogen) atoms. The summed E-state index contributed by atoms with van der Waals surface area (Å²) in [6.07, 6.45) is 2.78. The van der Waals surface area contributed by atoms with Gasteiger partial charge in [-0.2, -0.15) is 19.9 Å². The van der Waals surface area contributed by atoms with Gasteiger partial charge in [0.25, 0.3) is 46.3 Å².